The number of hydrogen-bond acceptors (Lipinski definition) is 3. The highest BCUT2D eigenvalue weighted by Gasteiger charge is 2.14. The van der Waals surface area contributed by atoms with Crippen molar-refractivity contribution in [1.29, 1.82) is 0 Å². The topological polar surface area (TPSA) is 29.0 Å². The molecule has 1 N–H and O–H groups in total. The Morgan fingerprint density at radius 1 is 1.06 bits per heavy atom. The van der Waals surface area contributed by atoms with Crippen LogP contribution in [0.15, 0.2) is 48.5 Å². The second kappa shape index (κ2) is 4.14. The molecule has 0 aliphatic heterocycles. The Bertz CT molecular complexity index is 646. The van der Waals surface area contributed by atoms with Gasteiger partial charge in [-0.25, -0.2) is 0 Å². The number of nitrogens with zero attached hydrogens (tertiary/aromatic N) is 2. The van der Waals surface area contributed by atoms with Crippen molar-refractivity contribution < 1.29 is 3.79 Å². The molecule has 3 aromatic rings. The zero-order valence-electron chi connectivity index (χ0n) is 9.42. The number of aromatic nitrogens is 2. The molecule has 0 saturated carbocycles. The first-order valence-corrected chi connectivity index (χ1v) is 6.21. The number of pyridine rings is 1. The third kappa shape index (κ3) is 1.99. The first kappa shape index (κ1) is 10.2. The Morgan fingerprint density at radius 2 is 1.88 bits per heavy atom. The largest absolute Gasteiger partial charge is 0.343 e. The summed E-state index contributed by atoms with van der Waals surface area (Å²) < 4.78 is 2.12. The van der Waals surface area contributed by atoms with Gasteiger partial charge in [0.25, 0.3) is 0 Å². The summed E-state index contributed by atoms with van der Waals surface area (Å²) in [6.07, 6.45) is 0. The van der Waals surface area contributed by atoms with Crippen LogP contribution in [0.3, 0.4) is 0 Å². The van der Waals surface area contributed by atoms with Crippen LogP contribution in [0.25, 0.3) is 5.65 Å². The number of benzene rings is 1. The van der Waals surface area contributed by atoms with Crippen molar-refractivity contribution in [2.45, 2.75) is 6.92 Å². The second-order valence-corrected chi connectivity index (χ2v) is 4.75. The number of fused-ring (bicyclic) bond motifs is 1. The maximum Gasteiger partial charge on any atom is 0.343 e. The van der Waals surface area contributed by atoms with E-state index in [4.69, 9.17) is 0 Å². The van der Waals surface area contributed by atoms with Crippen molar-refractivity contribution in [3.63, 3.8) is 0 Å². The van der Waals surface area contributed by atoms with Gasteiger partial charge in [0.2, 0.25) is 0 Å². The molecule has 1 aromatic carbocycles. The van der Waals surface area contributed by atoms with Crippen molar-refractivity contribution >= 4 is 28.0 Å². The fourth-order valence-electron chi connectivity index (χ4n) is 1.70. The van der Waals surface area contributed by atoms with E-state index in [1.807, 2.05) is 42.5 Å². The van der Waals surface area contributed by atoms with Gasteiger partial charge in [-0.3, -0.25) is 0 Å². The van der Waals surface area contributed by atoms with Crippen LogP contribution in [0, 0.1) is 6.92 Å². The quantitative estimate of drug-likeness (QED) is 0.700. The molecule has 0 saturated heterocycles. The predicted molar refractivity (Wildman–Crippen MR) is 69.7 cm³/mol. The summed E-state index contributed by atoms with van der Waals surface area (Å²) in [6.45, 7) is 2.08. The molecule has 0 unspecified atom stereocenters. The lowest BCUT2D eigenvalue weighted by molar-refractivity contribution is -0.442. The lowest BCUT2D eigenvalue weighted by Gasteiger charge is -1.95. The molecule has 0 atom stereocenters. The fourth-order valence-corrected chi connectivity index (χ4v) is 2.57. The summed E-state index contributed by atoms with van der Waals surface area (Å²) >= 11 is 1.61. The average molecular weight is 242 g/mol. The Labute approximate surface area is 104 Å². The van der Waals surface area contributed by atoms with Gasteiger partial charge in [-0.05, 0) is 36.2 Å². The zero-order chi connectivity index (χ0) is 11.7. The van der Waals surface area contributed by atoms with Gasteiger partial charge >= 0.3 is 10.8 Å². The Morgan fingerprint density at radius 3 is 2.65 bits per heavy atom. The van der Waals surface area contributed by atoms with Gasteiger partial charge in [-0.1, -0.05) is 18.2 Å². The van der Waals surface area contributed by atoms with Crippen molar-refractivity contribution in [3.8, 4) is 0 Å². The summed E-state index contributed by atoms with van der Waals surface area (Å²) in [6, 6.07) is 16.2. The van der Waals surface area contributed by atoms with E-state index in [2.05, 4.69) is 27.1 Å². The summed E-state index contributed by atoms with van der Waals surface area (Å²) in [4.78, 5) is 4.54. The number of rotatable bonds is 2. The highest BCUT2D eigenvalue weighted by molar-refractivity contribution is 7.06. The van der Waals surface area contributed by atoms with E-state index in [1.54, 1.807) is 11.5 Å². The minimum absolute atomic E-state index is 0.908. The van der Waals surface area contributed by atoms with Gasteiger partial charge in [0.1, 0.15) is 17.2 Å². The highest BCUT2D eigenvalue weighted by atomic mass is 32.1. The van der Waals surface area contributed by atoms with Crippen LogP contribution in [0.2, 0.25) is 0 Å². The van der Waals surface area contributed by atoms with E-state index in [1.165, 1.54) is 5.69 Å². The molecular formula is C13H12N3S+. The third-order valence-electron chi connectivity index (χ3n) is 2.53. The Kier molecular flexibility index (Phi) is 2.49. The first-order chi connectivity index (χ1) is 8.33. The van der Waals surface area contributed by atoms with Gasteiger partial charge < -0.3 is 5.32 Å². The van der Waals surface area contributed by atoms with Crippen LogP contribution in [-0.4, -0.2) is 4.98 Å². The number of hydrogen-bond donors (Lipinski definition) is 1. The maximum atomic E-state index is 4.54. The first-order valence-electron chi connectivity index (χ1n) is 5.44. The van der Waals surface area contributed by atoms with E-state index in [0.29, 0.717) is 0 Å². The minimum Gasteiger partial charge on any atom is -0.308 e. The molecule has 0 radical (unpaired) electrons. The van der Waals surface area contributed by atoms with E-state index in [0.717, 1.165) is 16.5 Å². The van der Waals surface area contributed by atoms with E-state index in [-0.39, 0.29) is 0 Å². The number of aryl methyl sites for hydroxylation is 1. The van der Waals surface area contributed by atoms with Crippen molar-refractivity contribution in [2.24, 2.45) is 0 Å². The summed E-state index contributed by atoms with van der Waals surface area (Å²) in [7, 11) is 0. The molecule has 3 nitrogen and oxygen atoms in total. The minimum atomic E-state index is 0.908. The Hall–Kier alpha value is -1.94. The fraction of sp³-hybridized carbons (Fsp3) is 0.0769. The van der Waals surface area contributed by atoms with E-state index >= 15 is 0 Å². The molecule has 0 fully saturated rings. The molecule has 0 aliphatic carbocycles. The molecule has 0 amide bonds. The lowest BCUT2D eigenvalue weighted by Crippen LogP contribution is -2.18. The molecule has 17 heavy (non-hydrogen) atoms. The second-order valence-electron chi connectivity index (χ2n) is 3.82. The summed E-state index contributed by atoms with van der Waals surface area (Å²) in [5, 5.41) is 4.22. The van der Waals surface area contributed by atoms with Crippen LogP contribution in [0.1, 0.15) is 5.69 Å². The van der Waals surface area contributed by atoms with Crippen molar-refractivity contribution in [1.82, 2.24) is 4.98 Å². The van der Waals surface area contributed by atoms with Gasteiger partial charge in [0.05, 0.1) is 0 Å². The molecule has 0 spiro atoms. The molecule has 0 bridgehead atoms. The standard InChI is InChI=1S/C13H11N3S/c1-10-6-5-9-12-15-13(17-16(10)12)14-11-7-3-2-4-8-11/h2-9H,1H3/p+1. The zero-order valence-corrected chi connectivity index (χ0v) is 10.2. The maximum absolute atomic E-state index is 4.54. The van der Waals surface area contributed by atoms with E-state index in [9.17, 15) is 0 Å². The van der Waals surface area contributed by atoms with Gasteiger partial charge in [0, 0.05) is 11.8 Å². The lowest BCUT2D eigenvalue weighted by atomic mass is 10.3. The normalized spacial score (nSPS) is 10.6. The molecule has 3 rings (SSSR count). The smallest absolute Gasteiger partial charge is 0.308 e. The predicted octanol–water partition coefficient (Wildman–Crippen LogP) is 2.93. The highest BCUT2D eigenvalue weighted by Crippen LogP contribution is 2.17. The molecular weight excluding hydrogens is 230 g/mol. The van der Waals surface area contributed by atoms with Crippen molar-refractivity contribution in [3.05, 3.63) is 54.2 Å². The van der Waals surface area contributed by atoms with Crippen LogP contribution in [0.4, 0.5) is 10.8 Å². The summed E-state index contributed by atoms with van der Waals surface area (Å²) in [5.74, 6) is 0. The molecule has 0 aliphatic rings. The summed E-state index contributed by atoms with van der Waals surface area (Å²) in [5.41, 5.74) is 3.24. The van der Waals surface area contributed by atoms with Crippen LogP contribution >= 0.6 is 11.5 Å². The number of para-hydroxylation sites is 1. The molecule has 4 heteroatoms. The SMILES string of the molecule is Cc1cccc2nc(Nc3ccccc3)s[n+]12. The van der Waals surface area contributed by atoms with Gasteiger partial charge in [-0.2, -0.15) is 0 Å². The molecule has 2 heterocycles. The van der Waals surface area contributed by atoms with Crippen LogP contribution in [0.5, 0.6) is 0 Å². The van der Waals surface area contributed by atoms with Crippen LogP contribution in [-0.2, 0) is 0 Å². The molecule has 2 aromatic heterocycles. The van der Waals surface area contributed by atoms with Gasteiger partial charge in [-0.15, -0.1) is 3.79 Å². The number of anilines is 2. The Balaban J connectivity index is 1.99. The monoisotopic (exact) mass is 242 g/mol. The van der Waals surface area contributed by atoms with E-state index < -0.39 is 0 Å². The number of nitrogens with one attached hydrogen (secondary N) is 1. The van der Waals surface area contributed by atoms with Crippen LogP contribution < -0.4 is 9.11 Å². The average Bonchev–Trinajstić information content (AvgIpc) is 2.74. The molecule has 84 valence electrons. The van der Waals surface area contributed by atoms with Crippen molar-refractivity contribution in [2.75, 3.05) is 5.32 Å². The van der Waals surface area contributed by atoms with Gasteiger partial charge in [0.15, 0.2) is 0 Å². The third-order valence-corrected chi connectivity index (χ3v) is 3.55.